The van der Waals surface area contributed by atoms with Crippen LogP contribution in [0.25, 0.3) is 11.8 Å². The van der Waals surface area contributed by atoms with E-state index in [2.05, 4.69) is 60.3 Å². The Balaban J connectivity index is 0.000000530. The van der Waals surface area contributed by atoms with E-state index in [1.807, 2.05) is 50.4 Å². The largest absolute Gasteiger partial charge is 0.493 e. The fourth-order valence-electron chi connectivity index (χ4n) is 5.77. The Morgan fingerprint density at radius 2 is 1.33 bits per heavy atom. The van der Waals surface area contributed by atoms with Crippen LogP contribution in [0.3, 0.4) is 0 Å². The van der Waals surface area contributed by atoms with Crippen LogP contribution >= 0.6 is 0 Å². The van der Waals surface area contributed by atoms with Gasteiger partial charge >= 0.3 is 0 Å². The van der Waals surface area contributed by atoms with Gasteiger partial charge in [0.2, 0.25) is 11.5 Å². The summed E-state index contributed by atoms with van der Waals surface area (Å²) in [5.41, 5.74) is 5.66. The van der Waals surface area contributed by atoms with Gasteiger partial charge in [0.05, 0.1) is 42.7 Å². The number of unbranched alkanes of at least 4 members (excludes halogenated alkanes) is 3. The highest BCUT2D eigenvalue weighted by Gasteiger charge is 2.17. The van der Waals surface area contributed by atoms with Crippen molar-refractivity contribution in [2.75, 3.05) is 75.9 Å². The van der Waals surface area contributed by atoms with E-state index < -0.39 is 0 Å². The number of aliphatic imine (C=N–C) groups is 1. The first-order valence-corrected chi connectivity index (χ1v) is 18.6. The summed E-state index contributed by atoms with van der Waals surface area (Å²) in [6.45, 7) is 14.6. The molecule has 9 nitrogen and oxygen atoms in total. The molecule has 3 rings (SSSR count). The number of hydrogen-bond acceptors (Lipinski definition) is 9. The molecule has 0 aromatic heterocycles. The summed E-state index contributed by atoms with van der Waals surface area (Å²) in [5.74, 6) is 3.88. The molecule has 0 spiro atoms. The van der Waals surface area contributed by atoms with Crippen molar-refractivity contribution in [1.82, 2.24) is 10.2 Å². The van der Waals surface area contributed by atoms with Crippen LogP contribution in [0.4, 0.5) is 0 Å². The standard InChI is InChI=1S/C25H40N2O3.C16H21NO3.C2H6/c1-7-9-10-11-16-27(15-8-2)20-21(13-12-14-26-3)17-22-18-23(28-4)25(30-6)24(19-22)29-5;1-5-11-7-6-8-17-15(11)12-9-13(18-2)16(20-4)14(10-12)19-3;1-2/h12-14,17-19H,7-11,15-16,20H2,1-6H3;6-7,9-10,17H,5,8H2,1-4H3;1-2H3/b13-12-,21-17-,26-14?;;. The van der Waals surface area contributed by atoms with Gasteiger partial charge in [-0.2, -0.15) is 0 Å². The normalized spacial score (nSPS) is 12.6. The lowest BCUT2D eigenvalue weighted by Crippen LogP contribution is -2.27. The van der Waals surface area contributed by atoms with E-state index in [1.165, 1.54) is 36.8 Å². The van der Waals surface area contributed by atoms with Gasteiger partial charge < -0.3 is 33.7 Å². The summed E-state index contributed by atoms with van der Waals surface area (Å²) in [7, 11) is 11.6. The molecule has 2 aromatic carbocycles. The molecule has 0 amide bonds. The van der Waals surface area contributed by atoms with E-state index in [-0.39, 0.29) is 0 Å². The lowest BCUT2D eigenvalue weighted by molar-refractivity contribution is 0.291. The molecule has 2 aromatic rings. The van der Waals surface area contributed by atoms with Crippen molar-refractivity contribution in [3.63, 3.8) is 0 Å². The number of allylic oxidation sites excluding steroid dienone is 3. The second kappa shape index (κ2) is 27.3. The third-order valence-electron chi connectivity index (χ3n) is 8.23. The van der Waals surface area contributed by atoms with E-state index in [0.29, 0.717) is 34.5 Å². The maximum Gasteiger partial charge on any atom is 0.203 e. The Labute approximate surface area is 315 Å². The minimum atomic E-state index is 0.607. The average molecular weight is 722 g/mol. The number of hydrogen-bond donors (Lipinski definition) is 1. The van der Waals surface area contributed by atoms with Crippen molar-refractivity contribution in [3.05, 3.63) is 70.8 Å². The Kier molecular flexibility index (Phi) is 24.0. The van der Waals surface area contributed by atoms with Gasteiger partial charge in [-0.05, 0) is 79.4 Å². The predicted octanol–water partition coefficient (Wildman–Crippen LogP) is 9.66. The molecule has 1 aliphatic heterocycles. The molecular weight excluding hydrogens is 654 g/mol. The molecule has 0 atom stereocenters. The first-order valence-electron chi connectivity index (χ1n) is 18.6. The van der Waals surface area contributed by atoms with Crippen LogP contribution in [0.15, 0.2) is 64.7 Å². The highest BCUT2D eigenvalue weighted by atomic mass is 16.5. The first kappa shape index (κ1) is 45.7. The van der Waals surface area contributed by atoms with Gasteiger partial charge in [0.1, 0.15) is 0 Å². The van der Waals surface area contributed by atoms with Crippen LogP contribution in [-0.4, -0.2) is 87.0 Å². The van der Waals surface area contributed by atoms with Crippen molar-refractivity contribution in [1.29, 1.82) is 0 Å². The molecule has 290 valence electrons. The minimum absolute atomic E-state index is 0.607. The zero-order valence-corrected chi connectivity index (χ0v) is 34.2. The number of benzene rings is 2. The lowest BCUT2D eigenvalue weighted by atomic mass is 10.0. The highest BCUT2D eigenvalue weighted by Crippen LogP contribution is 2.41. The summed E-state index contributed by atoms with van der Waals surface area (Å²) >= 11 is 0. The maximum atomic E-state index is 5.51. The fourth-order valence-corrected chi connectivity index (χ4v) is 5.77. The van der Waals surface area contributed by atoms with E-state index in [0.717, 1.165) is 55.8 Å². The van der Waals surface area contributed by atoms with Crippen LogP contribution in [0, 0.1) is 0 Å². The average Bonchev–Trinajstić information content (AvgIpc) is 3.19. The molecule has 52 heavy (non-hydrogen) atoms. The molecule has 0 saturated heterocycles. The molecule has 1 aliphatic rings. The van der Waals surface area contributed by atoms with Gasteiger partial charge in [0.15, 0.2) is 23.0 Å². The number of ether oxygens (including phenoxy) is 6. The maximum absolute atomic E-state index is 5.51. The van der Waals surface area contributed by atoms with Gasteiger partial charge in [-0.15, -0.1) is 0 Å². The van der Waals surface area contributed by atoms with E-state index in [4.69, 9.17) is 28.4 Å². The number of nitrogens with zero attached hydrogens (tertiary/aromatic N) is 2. The van der Waals surface area contributed by atoms with Crippen molar-refractivity contribution < 1.29 is 28.4 Å². The molecule has 1 N–H and O–H groups in total. The number of rotatable bonds is 20. The van der Waals surface area contributed by atoms with Gasteiger partial charge in [-0.1, -0.05) is 78.2 Å². The quantitative estimate of drug-likeness (QED) is 0.0823. The summed E-state index contributed by atoms with van der Waals surface area (Å²) in [5, 5.41) is 3.42. The number of methoxy groups -OCH3 is 6. The van der Waals surface area contributed by atoms with Gasteiger partial charge in [-0.3, -0.25) is 9.89 Å². The molecule has 0 unspecified atom stereocenters. The first-order chi connectivity index (χ1) is 25.4. The second-order valence-corrected chi connectivity index (χ2v) is 11.7. The van der Waals surface area contributed by atoms with Crippen LogP contribution in [0.5, 0.6) is 34.5 Å². The molecule has 0 fully saturated rings. The van der Waals surface area contributed by atoms with Gasteiger partial charge in [0, 0.05) is 37.6 Å². The highest BCUT2D eigenvalue weighted by molar-refractivity contribution is 5.75. The zero-order chi connectivity index (χ0) is 38.7. The summed E-state index contributed by atoms with van der Waals surface area (Å²) < 4.78 is 32.6. The third-order valence-corrected chi connectivity index (χ3v) is 8.23. The number of nitrogens with one attached hydrogen (secondary N) is 1. The van der Waals surface area contributed by atoms with Crippen molar-refractivity contribution in [3.8, 4) is 34.5 Å². The molecular formula is C43H67N3O6. The summed E-state index contributed by atoms with van der Waals surface area (Å²) in [4.78, 5) is 6.60. The fraction of sp³-hybridized carbons (Fsp3) is 0.512. The Hall–Kier alpha value is -4.37. The lowest BCUT2D eigenvalue weighted by Gasteiger charge is -2.22. The molecule has 0 saturated carbocycles. The zero-order valence-electron chi connectivity index (χ0n) is 34.2. The molecule has 1 heterocycles. The molecule has 0 aliphatic carbocycles. The molecule has 0 bridgehead atoms. The van der Waals surface area contributed by atoms with Crippen molar-refractivity contribution in [2.24, 2.45) is 4.99 Å². The number of dihydropyridines is 1. The van der Waals surface area contributed by atoms with Crippen molar-refractivity contribution >= 4 is 18.0 Å². The summed E-state index contributed by atoms with van der Waals surface area (Å²) in [6.07, 6.45) is 19.6. The predicted molar refractivity (Wildman–Crippen MR) is 220 cm³/mol. The van der Waals surface area contributed by atoms with E-state index in [1.54, 1.807) is 49.7 Å². The Morgan fingerprint density at radius 3 is 1.81 bits per heavy atom. The minimum Gasteiger partial charge on any atom is -0.493 e. The third kappa shape index (κ3) is 14.7. The smallest absolute Gasteiger partial charge is 0.203 e. The van der Waals surface area contributed by atoms with E-state index >= 15 is 0 Å². The molecule has 9 heteroatoms. The van der Waals surface area contributed by atoms with Crippen LogP contribution < -0.4 is 33.7 Å². The Morgan fingerprint density at radius 1 is 0.750 bits per heavy atom. The van der Waals surface area contributed by atoms with Crippen LogP contribution in [0.2, 0.25) is 0 Å². The van der Waals surface area contributed by atoms with Gasteiger partial charge in [0.25, 0.3) is 0 Å². The topological polar surface area (TPSA) is 83.0 Å². The van der Waals surface area contributed by atoms with Crippen LogP contribution in [-0.2, 0) is 0 Å². The van der Waals surface area contributed by atoms with Crippen molar-refractivity contribution in [2.45, 2.75) is 73.1 Å². The van der Waals surface area contributed by atoms with Gasteiger partial charge in [-0.25, -0.2) is 0 Å². The monoisotopic (exact) mass is 722 g/mol. The summed E-state index contributed by atoms with van der Waals surface area (Å²) in [6, 6.07) is 7.90. The SMILES string of the molecule is CC.CCC1=C(c2cc(OC)c(OC)c(OC)c2)NCC=C1.CCCCCCN(CCC)CC(/C=C\C=NC)=C\c1cc(OC)c(OC)c(OC)c1. The Bertz CT molecular complexity index is 1410. The van der Waals surface area contributed by atoms with E-state index in [9.17, 15) is 0 Å². The second-order valence-electron chi connectivity index (χ2n) is 11.7. The molecule has 0 radical (unpaired) electrons. The van der Waals surface area contributed by atoms with Crippen LogP contribution in [0.1, 0.15) is 84.3 Å².